The molecule has 0 bridgehead atoms. The van der Waals surface area contributed by atoms with Crippen molar-refractivity contribution in [1.29, 1.82) is 0 Å². The van der Waals surface area contributed by atoms with Gasteiger partial charge in [-0.1, -0.05) is 0 Å². The van der Waals surface area contributed by atoms with Crippen LogP contribution >= 0.6 is 0 Å². The van der Waals surface area contributed by atoms with E-state index in [0.717, 1.165) is 29.5 Å². The van der Waals surface area contributed by atoms with Gasteiger partial charge in [-0.05, 0) is 34.6 Å². The fourth-order valence-electron chi connectivity index (χ4n) is 1.75. The maximum Gasteiger partial charge on any atom is 0.208 e. The van der Waals surface area contributed by atoms with Gasteiger partial charge in [-0.15, -0.1) is 0 Å². The summed E-state index contributed by atoms with van der Waals surface area (Å²) in [6, 6.07) is 0. The predicted octanol–water partition coefficient (Wildman–Crippen LogP) is 2.53. The van der Waals surface area contributed by atoms with E-state index in [1.807, 2.05) is 24.7 Å². The molecule has 0 unspecified atom stereocenters. The third-order valence-corrected chi connectivity index (χ3v) is 3.00. The molecule has 0 aliphatic rings. The average Bonchev–Trinajstić information content (AvgIpc) is 2.87. The minimum atomic E-state index is 0.0229. The molecule has 0 aromatic carbocycles. The largest absolute Gasteiger partial charge is 0.444 e. The molecule has 5 nitrogen and oxygen atoms in total. The Kier molecular flexibility index (Phi) is 3.75. The second kappa shape index (κ2) is 5.17. The molecule has 0 saturated carbocycles. The number of aromatic nitrogens is 3. The summed E-state index contributed by atoms with van der Waals surface area (Å²) in [5.41, 5.74) is 2.14. The smallest absolute Gasteiger partial charge is 0.208 e. The number of rotatable bonds is 4. The van der Waals surface area contributed by atoms with Crippen molar-refractivity contribution in [2.45, 2.75) is 53.2 Å². The van der Waals surface area contributed by atoms with Gasteiger partial charge in [0.05, 0.1) is 24.0 Å². The molecule has 0 atom stereocenters. The van der Waals surface area contributed by atoms with Crippen LogP contribution in [0, 0.1) is 13.8 Å². The van der Waals surface area contributed by atoms with Gasteiger partial charge in [-0.25, -0.2) is 4.98 Å². The zero-order chi connectivity index (χ0) is 14.0. The Balaban J connectivity index is 1.87. The van der Waals surface area contributed by atoms with E-state index in [9.17, 15) is 0 Å². The SMILES string of the molecule is Cc1nc(CNCc2cnn(C(C)(C)C)c2)oc1C. The monoisotopic (exact) mass is 262 g/mol. The summed E-state index contributed by atoms with van der Waals surface area (Å²) < 4.78 is 7.49. The molecule has 0 aliphatic heterocycles. The summed E-state index contributed by atoms with van der Waals surface area (Å²) in [6.07, 6.45) is 3.96. The molecule has 0 fully saturated rings. The summed E-state index contributed by atoms with van der Waals surface area (Å²) in [5.74, 6) is 1.62. The number of nitrogens with one attached hydrogen (secondary N) is 1. The zero-order valence-corrected chi connectivity index (χ0v) is 12.3. The molecule has 2 aromatic rings. The number of aryl methyl sites for hydroxylation is 2. The minimum absolute atomic E-state index is 0.0229. The van der Waals surface area contributed by atoms with E-state index in [2.05, 4.69) is 42.4 Å². The highest BCUT2D eigenvalue weighted by Crippen LogP contribution is 2.13. The highest BCUT2D eigenvalue weighted by Gasteiger charge is 2.13. The van der Waals surface area contributed by atoms with Crippen LogP contribution in [0.15, 0.2) is 16.8 Å². The van der Waals surface area contributed by atoms with Crippen LogP contribution in [0.1, 0.15) is 43.7 Å². The lowest BCUT2D eigenvalue weighted by molar-refractivity contribution is 0.355. The molecular weight excluding hydrogens is 240 g/mol. The molecule has 0 spiro atoms. The van der Waals surface area contributed by atoms with Crippen LogP contribution in [-0.4, -0.2) is 14.8 Å². The molecule has 0 saturated heterocycles. The summed E-state index contributed by atoms with van der Waals surface area (Å²) >= 11 is 0. The Bertz CT molecular complexity index is 529. The van der Waals surface area contributed by atoms with Gasteiger partial charge < -0.3 is 9.73 Å². The quantitative estimate of drug-likeness (QED) is 0.920. The maximum atomic E-state index is 5.52. The van der Waals surface area contributed by atoms with E-state index in [0.29, 0.717) is 6.54 Å². The van der Waals surface area contributed by atoms with Crippen molar-refractivity contribution >= 4 is 0 Å². The lowest BCUT2D eigenvalue weighted by Crippen LogP contribution is -2.22. The topological polar surface area (TPSA) is 55.9 Å². The minimum Gasteiger partial charge on any atom is -0.444 e. The van der Waals surface area contributed by atoms with Crippen molar-refractivity contribution in [3.05, 3.63) is 35.3 Å². The van der Waals surface area contributed by atoms with Gasteiger partial charge in [0.25, 0.3) is 0 Å². The standard InChI is InChI=1S/C14H22N4O/c1-10-11(2)19-13(17-10)8-15-6-12-7-16-18(9-12)14(3,4)5/h7,9,15H,6,8H2,1-5H3. The highest BCUT2D eigenvalue weighted by atomic mass is 16.4. The normalized spacial score (nSPS) is 12.1. The molecular formula is C14H22N4O. The lowest BCUT2D eigenvalue weighted by atomic mass is 10.1. The first kappa shape index (κ1) is 13.8. The molecule has 0 aliphatic carbocycles. The Morgan fingerprint density at radius 1 is 1.26 bits per heavy atom. The van der Waals surface area contributed by atoms with E-state index in [1.54, 1.807) is 0 Å². The molecule has 19 heavy (non-hydrogen) atoms. The molecule has 0 radical (unpaired) electrons. The van der Waals surface area contributed by atoms with E-state index < -0.39 is 0 Å². The third-order valence-electron chi connectivity index (χ3n) is 3.00. The van der Waals surface area contributed by atoms with Gasteiger partial charge in [0.2, 0.25) is 5.89 Å². The molecule has 104 valence electrons. The number of hydrogen-bond acceptors (Lipinski definition) is 4. The van der Waals surface area contributed by atoms with Crippen LogP contribution in [0.25, 0.3) is 0 Å². The summed E-state index contributed by atoms with van der Waals surface area (Å²) in [5, 5.41) is 7.68. The summed E-state index contributed by atoms with van der Waals surface area (Å²) in [4.78, 5) is 4.34. The Morgan fingerprint density at radius 2 is 2.00 bits per heavy atom. The first-order valence-corrected chi connectivity index (χ1v) is 6.54. The first-order chi connectivity index (χ1) is 8.86. The van der Waals surface area contributed by atoms with Gasteiger partial charge in [-0.2, -0.15) is 5.10 Å². The van der Waals surface area contributed by atoms with Crippen LogP contribution in [0.3, 0.4) is 0 Å². The zero-order valence-electron chi connectivity index (χ0n) is 12.3. The van der Waals surface area contributed by atoms with Gasteiger partial charge in [-0.3, -0.25) is 4.68 Å². The molecule has 1 N–H and O–H groups in total. The Labute approximate surface area is 114 Å². The van der Waals surface area contributed by atoms with E-state index in [4.69, 9.17) is 4.42 Å². The van der Waals surface area contributed by atoms with Crippen LogP contribution < -0.4 is 5.32 Å². The molecule has 2 heterocycles. The number of oxazole rings is 1. The third kappa shape index (κ3) is 3.44. The van der Waals surface area contributed by atoms with E-state index in [1.165, 1.54) is 0 Å². The van der Waals surface area contributed by atoms with Crippen molar-refractivity contribution in [2.24, 2.45) is 0 Å². The molecule has 0 amide bonds. The first-order valence-electron chi connectivity index (χ1n) is 6.54. The number of hydrogen-bond donors (Lipinski definition) is 1. The second-order valence-electron chi connectivity index (χ2n) is 5.82. The van der Waals surface area contributed by atoms with E-state index in [-0.39, 0.29) is 5.54 Å². The Hall–Kier alpha value is -1.62. The van der Waals surface area contributed by atoms with Gasteiger partial charge in [0.1, 0.15) is 5.76 Å². The van der Waals surface area contributed by atoms with Crippen LogP contribution in [0.2, 0.25) is 0 Å². The van der Waals surface area contributed by atoms with E-state index >= 15 is 0 Å². The van der Waals surface area contributed by atoms with Crippen LogP contribution in [-0.2, 0) is 18.6 Å². The van der Waals surface area contributed by atoms with Gasteiger partial charge in [0.15, 0.2) is 0 Å². The van der Waals surface area contributed by atoms with Crippen LogP contribution in [0.4, 0.5) is 0 Å². The van der Waals surface area contributed by atoms with Crippen LogP contribution in [0.5, 0.6) is 0 Å². The maximum absolute atomic E-state index is 5.52. The fourth-order valence-corrected chi connectivity index (χ4v) is 1.75. The van der Waals surface area contributed by atoms with Gasteiger partial charge in [0, 0.05) is 18.3 Å². The lowest BCUT2D eigenvalue weighted by Gasteiger charge is -2.18. The van der Waals surface area contributed by atoms with Crippen molar-refractivity contribution in [3.8, 4) is 0 Å². The van der Waals surface area contributed by atoms with Crippen molar-refractivity contribution in [2.75, 3.05) is 0 Å². The summed E-state index contributed by atoms with van der Waals surface area (Å²) in [7, 11) is 0. The number of nitrogens with zero attached hydrogens (tertiary/aromatic N) is 3. The fraction of sp³-hybridized carbons (Fsp3) is 0.571. The molecule has 2 aromatic heterocycles. The highest BCUT2D eigenvalue weighted by molar-refractivity contribution is 5.07. The average molecular weight is 262 g/mol. The second-order valence-corrected chi connectivity index (χ2v) is 5.82. The predicted molar refractivity (Wildman–Crippen MR) is 73.7 cm³/mol. The van der Waals surface area contributed by atoms with Crippen molar-refractivity contribution < 1.29 is 4.42 Å². The summed E-state index contributed by atoms with van der Waals surface area (Å²) in [6.45, 7) is 11.7. The van der Waals surface area contributed by atoms with Gasteiger partial charge >= 0.3 is 0 Å². The van der Waals surface area contributed by atoms with Crippen molar-refractivity contribution in [1.82, 2.24) is 20.1 Å². The van der Waals surface area contributed by atoms with Crippen molar-refractivity contribution in [3.63, 3.8) is 0 Å². The Morgan fingerprint density at radius 3 is 2.53 bits per heavy atom. The molecule has 5 heteroatoms. The molecule has 2 rings (SSSR count).